The summed E-state index contributed by atoms with van der Waals surface area (Å²) in [4.78, 5) is 0. The first-order valence-electron chi connectivity index (χ1n) is 5.83. The fourth-order valence-corrected chi connectivity index (χ4v) is 3.21. The summed E-state index contributed by atoms with van der Waals surface area (Å²) in [6.45, 7) is 0. The van der Waals surface area contributed by atoms with Gasteiger partial charge >= 0.3 is 0 Å². The van der Waals surface area contributed by atoms with Crippen molar-refractivity contribution in [1.29, 1.82) is 0 Å². The van der Waals surface area contributed by atoms with Gasteiger partial charge in [0.25, 0.3) is 0 Å². The molecule has 3 fully saturated rings. The van der Waals surface area contributed by atoms with E-state index in [1.807, 2.05) is 0 Å². The highest BCUT2D eigenvalue weighted by Gasteiger charge is 2.41. The second-order valence-corrected chi connectivity index (χ2v) is 4.86. The molecule has 2 bridgehead atoms. The van der Waals surface area contributed by atoms with Crippen molar-refractivity contribution in [3.63, 3.8) is 0 Å². The fourth-order valence-electron chi connectivity index (χ4n) is 3.21. The van der Waals surface area contributed by atoms with Gasteiger partial charge in [-0.15, -0.1) is 0 Å². The van der Waals surface area contributed by atoms with Crippen molar-refractivity contribution < 1.29 is 4.74 Å². The van der Waals surface area contributed by atoms with Gasteiger partial charge in [-0.3, -0.25) is 0 Å². The van der Waals surface area contributed by atoms with E-state index in [4.69, 9.17) is 4.74 Å². The van der Waals surface area contributed by atoms with Gasteiger partial charge in [0.2, 0.25) is 0 Å². The Morgan fingerprint density at radius 3 is 2.46 bits per heavy atom. The van der Waals surface area contributed by atoms with Crippen molar-refractivity contribution in [1.82, 2.24) is 5.32 Å². The predicted octanol–water partition coefficient (Wildman–Crippen LogP) is 1.84. The Morgan fingerprint density at radius 2 is 1.85 bits per heavy atom. The van der Waals surface area contributed by atoms with Crippen LogP contribution in [-0.4, -0.2) is 24.3 Å². The van der Waals surface area contributed by atoms with E-state index in [0.29, 0.717) is 18.2 Å². The standard InChI is InChI=1S/C11H19NO/c1-2-4-8(3-1)12-10-7-9-5-6-11(10)13-9/h8-12H,1-7H2. The van der Waals surface area contributed by atoms with Gasteiger partial charge in [0.05, 0.1) is 12.2 Å². The van der Waals surface area contributed by atoms with E-state index >= 15 is 0 Å². The van der Waals surface area contributed by atoms with Crippen LogP contribution in [0.25, 0.3) is 0 Å². The average molecular weight is 181 g/mol. The molecule has 2 heterocycles. The van der Waals surface area contributed by atoms with Gasteiger partial charge in [-0.25, -0.2) is 0 Å². The summed E-state index contributed by atoms with van der Waals surface area (Å²) in [7, 11) is 0. The monoisotopic (exact) mass is 181 g/mol. The normalized spacial score (nSPS) is 44.8. The van der Waals surface area contributed by atoms with Crippen molar-refractivity contribution in [2.24, 2.45) is 0 Å². The molecule has 3 aliphatic rings. The Kier molecular flexibility index (Phi) is 2.06. The second-order valence-electron chi connectivity index (χ2n) is 4.86. The molecule has 0 spiro atoms. The van der Waals surface area contributed by atoms with Crippen molar-refractivity contribution in [2.75, 3.05) is 0 Å². The number of hydrogen-bond donors (Lipinski definition) is 1. The number of fused-ring (bicyclic) bond motifs is 2. The zero-order valence-electron chi connectivity index (χ0n) is 8.17. The highest BCUT2D eigenvalue weighted by atomic mass is 16.5. The molecule has 2 heteroatoms. The molecular weight excluding hydrogens is 162 g/mol. The second kappa shape index (κ2) is 3.25. The highest BCUT2D eigenvalue weighted by Crippen LogP contribution is 2.35. The zero-order valence-corrected chi connectivity index (χ0v) is 8.17. The molecule has 0 aromatic carbocycles. The lowest BCUT2D eigenvalue weighted by Crippen LogP contribution is -2.42. The molecule has 1 aliphatic carbocycles. The SMILES string of the molecule is C1CCC(NC2CC3CCC2O3)C1. The third-order valence-corrected chi connectivity index (χ3v) is 3.91. The van der Waals surface area contributed by atoms with Crippen molar-refractivity contribution in [3.8, 4) is 0 Å². The number of nitrogens with one attached hydrogen (secondary N) is 1. The largest absolute Gasteiger partial charge is 0.373 e. The Morgan fingerprint density at radius 1 is 1.00 bits per heavy atom. The maximum Gasteiger partial charge on any atom is 0.0733 e. The van der Waals surface area contributed by atoms with Crippen molar-refractivity contribution in [2.45, 2.75) is 69.2 Å². The Balaban J connectivity index is 1.55. The van der Waals surface area contributed by atoms with Crippen LogP contribution >= 0.6 is 0 Å². The molecule has 1 N–H and O–H groups in total. The molecule has 0 aromatic heterocycles. The first-order chi connectivity index (χ1) is 6.42. The molecular formula is C11H19NO. The lowest BCUT2D eigenvalue weighted by Gasteiger charge is -2.24. The molecule has 3 unspecified atom stereocenters. The molecule has 0 aromatic rings. The summed E-state index contributed by atoms with van der Waals surface area (Å²) in [5, 5.41) is 3.78. The van der Waals surface area contributed by atoms with Gasteiger partial charge in [-0.2, -0.15) is 0 Å². The first-order valence-corrected chi connectivity index (χ1v) is 5.83. The molecule has 0 amide bonds. The maximum atomic E-state index is 5.83. The van der Waals surface area contributed by atoms with Crippen molar-refractivity contribution in [3.05, 3.63) is 0 Å². The minimum absolute atomic E-state index is 0.561. The minimum Gasteiger partial charge on any atom is -0.373 e. The third kappa shape index (κ3) is 1.50. The molecule has 13 heavy (non-hydrogen) atoms. The zero-order chi connectivity index (χ0) is 8.67. The molecule has 74 valence electrons. The summed E-state index contributed by atoms with van der Waals surface area (Å²) in [6.07, 6.45) is 10.7. The molecule has 3 rings (SSSR count). The van der Waals surface area contributed by atoms with Gasteiger partial charge in [0.15, 0.2) is 0 Å². The average Bonchev–Trinajstić information content (AvgIpc) is 2.77. The quantitative estimate of drug-likeness (QED) is 0.702. The van der Waals surface area contributed by atoms with E-state index in [1.54, 1.807) is 0 Å². The smallest absolute Gasteiger partial charge is 0.0733 e. The maximum absolute atomic E-state index is 5.83. The van der Waals surface area contributed by atoms with E-state index in [1.165, 1.54) is 44.9 Å². The van der Waals surface area contributed by atoms with E-state index in [0.717, 1.165) is 6.04 Å². The summed E-state index contributed by atoms with van der Waals surface area (Å²) >= 11 is 0. The fraction of sp³-hybridized carbons (Fsp3) is 1.00. The Hall–Kier alpha value is -0.0800. The van der Waals surface area contributed by atoms with Crippen LogP contribution in [0.15, 0.2) is 0 Å². The number of hydrogen-bond acceptors (Lipinski definition) is 2. The summed E-state index contributed by atoms with van der Waals surface area (Å²) < 4.78 is 5.83. The van der Waals surface area contributed by atoms with Crippen LogP contribution < -0.4 is 5.32 Å². The lowest BCUT2D eigenvalue weighted by atomic mass is 9.95. The molecule has 1 saturated carbocycles. The molecule has 2 nitrogen and oxygen atoms in total. The summed E-state index contributed by atoms with van der Waals surface area (Å²) in [5.41, 5.74) is 0. The van der Waals surface area contributed by atoms with Gasteiger partial charge in [0.1, 0.15) is 0 Å². The van der Waals surface area contributed by atoms with Crippen LogP contribution in [0.4, 0.5) is 0 Å². The summed E-state index contributed by atoms with van der Waals surface area (Å²) in [6, 6.07) is 1.51. The van der Waals surface area contributed by atoms with Crippen LogP contribution in [0, 0.1) is 0 Å². The lowest BCUT2D eigenvalue weighted by molar-refractivity contribution is 0.0961. The van der Waals surface area contributed by atoms with Crippen LogP contribution in [0.1, 0.15) is 44.9 Å². The molecule has 0 radical (unpaired) electrons. The molecule has 3 atom stereocenters. The Bertz CT molecular complexity index is 189. The highest BCUT2D eigenvalue weighted by molar-refractivity contribution is 4.95. The van der Waals surface area contributed by atoms with E-state index < -0.39 is 0 Å². The minimum atomic E-state index is 0.561. The molecule has 2 saturated heterocycles. The Labute approximate surface area is 80.0 Å². The van der Waals surface area contributed by atoms with E-state index in [2.05, 4.69) is 5.32 Å². The van der Waals surface area contributed by atoms with E-state index in [-0.39, 0.29) is 0 Å². The molecule has 2 aliphatic heterocycles. The van der Waals surface area contributed by atoms with Crippen LogP contribution in [-0.2, 0) is 4.74 Å². The van der Waals surface area contributed by atoms with Gasteiger partial charge in [0, 0.05) is 12.1 Å². The van der Waals surface area contributed by atoms with Gasteiger partial charge in [-0.05, 0) is 32.1 Å². The first kappa shape index (κ1) is 8.25. The van der Waals surface area contributed by atoms with Gasteiger partial charge in [-0.1, -0.05) is 12.8 Å². The van der Waals surface area contributed by atoms with Crippen LogP contribution in [0.5, 0.6) is 0 Å². The third-order valence-electron chi connectivity index (χ3n) is 3.91. The van der Waals surface area contributed by atoms with Crippen molar-refractivity contribution >= 4 is 0 Å². The topological polar surface area (TPSA) is 21.3 Å². The predicted molar refractivity (Wildman–Crippen MR) is 51.7 cm³/mol. The van der Waals surface area contributed by atoms with Crippen LogP contribution in [0.3, 0.4) is 0 Å². The number of rotatable bonds is 2. The van der Waals surface area contributed by atoms with E-state index in [9.17, 15) is 0 Å². The van der Waals surface area contributed by atoms with Gasteiger partial charge < -0.3 is 10.1 Å². The summed E-state index contributed by atoms with van der Waals surface area (Å²) in [5.74, 6) is 0. The number of ether oxygens (including phenoxy) is 1. The van der Waals surface area contributed by atoms with Crippen LogP contribution in [0.2, 0.25) is 0 Å².